The zero-order valence-corrected chi connectivity index (χ0v) is 14.4. The molecule has 0 aromatic heterocycles. The molecule has 2 aromatic carbocycles. The molecule has 24 heavy (non-hydrogen) atoms. The fourth-order valence-corrected chi connectivity index (χ4v) is 3.01. The molecule has 1 unspecified atom stereocenters. The summed E-state index contributed by atoms with van der Waals surface area (Å²) in [6.45, 7) is 4.52. The molecular formula is C20H25N3O. The zero-order chi connectivity index (χ0) is 16.8. The minimum Gasteiger partial charge on any atom is -0.497 e. The van der Waals surface area contributed by atoms with Crippen molar-refractivity contribution in [2.75, 3.05) is 20.2 Å². The molecule has 0 spiro atoms. The van der Waals surface area contributed by atoms with Crippen LogP contribution in [-0.2, 0) is 13.0 Å². The lowest BCUT2D eigenvalue weighted by Gasteiger charge is -2.30. The smallest absolute Gasteiger partial charge is 0.191 e. The summed E-state index contributed by atoms with van der Waals surface area (Å²) in [5.74, 6) is 2.33. The Labute approximate surface area is 144 Å². The van der Waals surface area contributed by atoms with Gasteiger partial charge in [0.1, 0.15) is 5.75 Å². The lowest BCUT2D eigenvalue weighted by Crippen LogP contribution is -2.41. The molecular weight excluding hydrogens is 298 g/mol. The average molecular weight is 323 g/mol. The molecule has 0 aliphatic heterocycles. The standard InChI is InChI=1S/C20H25N3O/c1-3-21-20(22-13-15-8-10-18(24-2)11-9-15)23-14-17-12-16-6-4-5-7-19(16)17/h4-11,17H,3,12-14H2,1-2H3,(H2,21,22,23). The highest BCUT2D eigenvalue weighted by Gasteiger charge is 2.25. The molecule has 0 bridgehead atoms. The molecule has 0 amide bonds. The Morgan fingerprint density at radius 2 is 1.92 bits per heavy atom. The third-order valence-electron chi connectivity index (χ3n) is 4.40. The molecule has 126 valence electrons. The summed E-state index contributed by atoms with van der Waals surface area (Å²) < 4.78 is 5.19. The van der Waals surface area contributed by atoms with Crippen LogP contribution in [0.2, 0.25) is 0 Å². The maximum atomic E-state index is 5.19. The van der Waals surface area contributed by atoms with Gasteiger partial charge in [-0.2, -0.15) is 0 Å². The van der Waals surface area contributed by atoms with Gasteiger partial charge < -0.3 is 15.4 Å². The second-order valence-corrected chi connectivity index (χ2v) is 6.02. The van der Waals surface area contributed by atoms with E-state index in [4.69, 9.17) is 4.74 Å². The van der Waals surface area contributed by atoms with Gasteiger partial charge in [0.25, 0.3) is 0 Å². The van der Waals surface area contributed by atoms with E-state index in [1.54, 1.807) is 7.11 Å². The molecule has 0 saturated heterocycles. The summed E-state index contributed by atoms with van der Waals surface area (Å²) in [4.78, 5) is 4.68. The zero-order valence-electron chi connectivity index (χ0n) is 14.4. The van der Waals surface area contributed by atoms with Crippen molar-refractivity contribution < 1.29 is 4.74 Å². The summed E-state index contributed by atoms with van der Waals surface area (Å²) in [6.07, 6.45) is 1.15. The molecule has 0 heterocycles. The van der Waals surface area contributed by atoms with Crippen molar-refractivity contribution in [3.63, 3.8) is 0 Å². The Morgan fingerprint density at radius 3 is 2.62 bits per heavy atom. The maximum absolute atomic E-state index is 5.19. The summed E-state index contributed by atoms with van der Waals surface area (Å²) >= 11 is 0. The lowest BCUT2D eigenvalue weighted by molar-refractivity contribution is 0.414. The van der Waals surface area contributed by atoms with Gasteiger partial charge in [0, 0.05) is 19.0 Å². The molecule has 0 fully saturated rings. The first-order valence-corrected chi connectivity index (χ1v) is 8.53. The van der Waals surface area contributed by atoms with E-state index in [0.29, 0.717) is 12.5 Å². The first-order valence-electron chi connectivity index (χ1n) is 8.53. The van der Waals surface area contributed by atoms with Crippen molar-refractivity contribution in [2.24, 2.45) is 4.99 Å². The Bertz CT molecular complexity index is 694. The van der Waals surface area contributed by atoms with Gasteiger partial charge in [-0.1, -0.05) is 36.4 Å². The van der Waals surface area contributed by atoms with E-state index < -0.39 is 0 Å². The van der Waals surface area contributed by atoms with Gasteiger partial charge in [-0.15, -0.1) is 0 Å². The molecule has 1 aliphatic carbocycles. The summed E-state index contributed by atoms with van der Waals surface area (Å²) in [7, 11) is 1.68. The molecule has 3 rings (SSSR count). The van der Waals surface area contributed by atoms with Gasteiger partial charge in [-0.3, -0.25) is 0 Å². The van der Waals surface area contributed by atoms with Gasteiger partial charge in [0.05, 0.1) is 13.7 Å². The molecule has 0 saturated carbocycles. The van der Waals surface area contributed by atoms with Gasteiger partial charge in [0.15, 0.2) is 5.96 Å². The van der Waals surface area contributed by atoms with Crippen molar-refractivity contribution in [1.29, 1.82) is 0 Å². The Morgan fingerprint density at radius 1 is 1.12 bits per heavy atom. The van der Waals surface area contributed by atoms with E-state index in [-0.39, 0.29) is 0 Å². The summed E-state index contributed by atoms with van der Waals surface area (Å²) in [6, 6.07) is 16.7. The average Bonchev–Trinajstić information content (AvgIpc) is 2.60. The summed E-state index contributed by atoms with van der Waals surface area (Å²) in [5.41, 5.74) is 4.11. The van der Waals surface area contributed by atoms with E-state index in [0.717, 1.165) is 31.2 Å². The van der Waals surface area contributed by atoms with E-state index >= 15 is 0 Å². The van der Waals surface area contributed by atoms with Gasteiger partial charge in [0.2, 0.25) is 0 Å². The number of benzene rings is 2. The number of methoxy groups -OCH3 is 1. The van der Waals surface area contributed by atoms with Crippen LogP contribution in [0.1, 0.15) is 29.5 Å². The van der Waals surface area contributed by atoms with E-state index in [9.17, 15) is 0 Å². The Balaban J connectivity index is 1.56. The Kier molecular flexibility index (Phi) is 5.36. The van der Waals surface area contributed by atoms with Crippen molar-refractivity contribution in [3.05, 3.63) is 65.2 Å². The van der Waals surface area contributed by atoms with Crippen LogP contribution in [-0.4, -0.2) is 26.2 Å². The first kappa shape index (κ1) is 16.4. The van der Waals surface area contributed by atoms with Crippen LogP contribution in [0.15, 0.2) is 53.5 Å². The number of nitrogens with one attached hydrogen (secondary N) is 2. The van der Waals surface area contributed by atoms with Crippen LogP contribution in [0.25, 0.3) is 0 Å². The number of hydrogen-bond donors (Lipinski definition) is 2. The van der Waals surface area contributed by atoms with E-state index in [2.05, 4.69) is 46.8 Å². The second-order valence-electron chi connectivity index (χ2n) is 6.02. The Hall–Kier alpha value is -2.49. The number of aliphatic imine (C=N–C) groups is 1. The molecule has 0 radical (unpaired) electrons. The molecule has 1 aliphatic rings. The van der Waals surface area contributed by atoms with Crippen molar-refractivity contribution in [3.8, 4) is 5.75 Å². The number of fused-ring (bicyclic) bond motifs is 1. The molecule has 1 atom stereocenters. The number of guanidine groups is 1. The SMILES string of the molecule is CCNC(=NCc1ccc(OC)cc1)NCC1Cc2ccccc21. The normalized spacial score (nSPS) is 16.1. The molecule has 2 aromatic rings. The lowest BCUT2D eigenvalue weighted by atomic mass is 9.78. The fraction of sp³-hybridized carbons (Fsp3) is 0.350. The molecule has 2 N–H and O–H groups in total. The van der Waals surface area contributed by atoms with Crippen LogP contribution in [0.4, 0.5) is 0 Å². The second kappa shape index (κ2) is 7.86. The largest absolute Gasteiger partial charge is 0.497 e. The van der Waals surface area contributed by atoms with Crippen molar-refractivity contribution >= 4 is 5.96 Å². The van der Waals surface area contributed by atoms with E-state index in [1.165, 1.54) is 16.7 Å². The fourth-order valence-electron chi connectivity index (χ4n) is 3.01. The monoisotopic (exact) mass is 323 g/mol. The number of nitrogens with zero attached hydrogens (tertiary/aromatic N) is 1. The third-order valence-corrected chi connectivity index (χ3v) is 4.40. The number of rotatable bonds is 6. The topological polar surface area (TPSA) is 45.7 Å². The highest BCUT2D eigenvalue weighted by atomic mass is 16.5. The maximum Gasteiger partial charge on any atom is 0.191 e. The third kappa shape index (κ3) is 3.88. The van der Waals surface area contributed by atoms with Crippen molar-refractivity contribution in [2.45, 2.75) is 25.8 Å². The van der Waals surface area contributed by atoms with Gasteiger partial charge in [-0.05, 0) is 42.2 Å². The minimum absolute atomic E-state index is 0.589. The predicted molar refractivity (Wildman–Crippen MR) is 98.7 cm³/mol. The molecule has 4 nitrogen and oxygen atoms in total. The van der Waals surface area contributed by atoms with Crippen LogP contribution in [0.5, 0.6) is 5.75 Å². The number of hydrogen-bond acceptors (Lipinski definition) is 2. The van der Waals surface area contributed by atoms with Crippen LogP contribution in [0.3, 0.4) is 0 Å². The highest BCUT2D eigenvalue weighted by molar-refractivity contribution is 5.79. The van der Waals surface area contributed by atoms with Crippen LogP contribution in [0, 0.1) is 0 Å². The predicted octanol–water partition coefficient (Wildman–Crippen LogP) is 3.09. The van der Waals surface area contributed by atoms with Gasteiger partial charge >= 0.3 is 0 Å². The van der Waals surface area contributed by atoms with Crippen molar-refractivity contribution in [1.82, 2.24) is 10.6 Å². The summed E-state index contributed by atoms with van der Waals surface area (Å²) in [5, 5.41) is 6.79. The molecule has 4 heteroatoms. The highest BCUT2D eigenvalue weighted by Crippen LogP contribution is 2.33. The van der Waals surface area contributed by atoms with Gasteiger partial charge in [-0.25, -0.2) is 4.99 Å². The quantitative estimate of drug-likeness (QED) is 0.634. The van der Waals surface area contributed by atoms with Crippen LogP contribution >= 0.6 is 0 Å². The van der Waals surface area contributed by atoms with E-state index in [1.807, 2.05) is 24.3 Å². The first-order chi connectivity index (χ1) is 11.8. The number of ether oxygens (including phenoxy) is 1. The van der Waals surface area contributed by atoms with Crippen LogP contribution < -0.4 is 15.4 Å². The minimum atomic E-state index is 0.589.